The number of thiazole rings is 1. The van der Waals surface area contributed by atoms with Crippen molar-refractivity contribution < 1.29 is 4.42 Å². The van der Waals surface area contributed by atoms with E-state index < -0.39 is 0 Å². The van der Waals surface area contributed by atoms with Gasteiger partial charge in [0, 0.05) is 53.8 Å². The Balaban J connectivity index is 1.32. The first-order chi connectivity index (χ1) is 23.8. The summed E-state index contributed by atoms with van der Waals surface area (Å²) in [5, 5.41) is 5.79. The van der Waals surface area contributed by atoms with Gasteiger partial charge < -0.3 is 9.32 Å². The van der Waals surface area contributed by atoms with Gasteiger partial charge in [-0.3, -0.25) is 0 Å². The Morgan fingerprint density at radius 1 is 0.500 bits per heavy atom. The van der Waals surface area contributed by atoms with E-state index in [9.17, 15) is 0 Å². The number of thiophene rings is 1. The van der Waals surface area contributed by atoms with Crippen LogP contribution in [0.25, 0.3) is 74.0 Å². The van der Waals surface area contributed by atoms with Gasteiger partial charge in [-0.15, -0.1) is 22.7 Å². The highest BCUT2D eigenvalue weighted by atomic mass is 32.1. The summed E-state index contributed by atoms with van der Waals surface area (Å²) < 4.78 is 10.2. The van der Waals surface area contributed by atoms with Crippen LogP contribution in [0.4, 0.5) is 17.1 Å². The van der Waals surface area contributed by atoms with Crippen LogP contribution in [0.5, 0.6) is 0 Å². The van der Waals surface area contributed by atoms with Crippen LogP contribution in [0.3, 0.4) is 0 Å². The first-order valence-electron chi connectivity index (χ1n) is 16.0. The Bertz CT molecular complexity index is 2790. The molecule has 0 radical (unpaired) electrons. The normalized spacial score (nSPS) is 11.8. The maximum absolute atomic E-state index is 6.45. The third-order valence-electron chi connectivity index (χ3n) is 9.10. The van der Waals surface area contributed by atoms with Gasteiger partial charge >= 0.3 is 0 Å². The van der Waals surface area contributed by atoms with Crippen molar-refractivity contribution in [2.45, 2.75) is 0 Å². The summed E-state index contributed by atoms with van der Waals surface area (Å²) in [6.45, 7) is 0. The summed E-state index contributed by atoms with van der Waals surface area (Å²) in [4.78, 5) is 7.83. The predicted octanol–water partition coefficient (Wildman–Crippen LogP) is 13.4. The number of nitrogens with zero attached hydrogens (tertiary/aromatic N) is 2. The summed E-state index contributed by atoms with van der Waals surface area (Å²) in [6, 6.07) is 55.8. The fourth-order valence-corrected chi connectivity index (χ4v) is 9.29. The number of anilines is 3. The van der Waals surface area contributed by atoms with Crippen LogP contribution in [0, 0.1) is 0 Å². The minimum atomic E-state index is 0.860. The minimum Gasteiger partial charge on any atom is -0.456 e. The van der Waals surface area contributed by atoms with Crippen molar-refractivity contribution in [3.63, 3.8) is 0 Å². The molecule has 3 aromatic heterocycles. The van der Waals surface area contributed by atoms with Crippen molar-refractivity contribution in [2.75, 3.05) is 4.90 Å². The molecule has 3 heterocycles. The van der Waals surface area contributed by atoms with Crippen LogP contribution >= 0.6 is 22.7 Å². The Labute approximate surface area is 284 Å². The fourth-order valence-electron chi connectivity index (χ4n) is 6.92. The van der Waals surface area contributed by atoms with Crippen molar-refractivity contribution in [1.82, 2.24) is 4.98 Å². The number of rotatable bonds is 5. The van der Waals surface area contributed by atoms with Crippen molar-refractivity contribution in [2.24, 2.45) is 0 Å². The third kappa shape index (κ3) is 4.29. The molecule has 7 aromatic carbocycles. The molecular formula is C43H26N2OS2. The highest BCUT2D eigenvalue weighted by Gasteiger charge is 2.25. The highest BCUT2D eigenvalue weighted by molar-refractivity contribution is 7.28. The first kappa shape index (κ1) is 27.4. The molecule has 226 valence electrons. The smallest absolute Gasteiger partial charge is 0.137 e. The van der Waals surface area contributed by atoms with Crippen molar-refractivity contribution in [1.29, 1.82) is 0 Å². The maximum atomic E-state index is 6.45. The predicted molar refractivity (Wildman–Crippen MR) is 205 cm³/mol. The molecule has 0 fully saturated rings. The van der Waals surface area contributed by atoms with Crippen molar-refractivity contribution in [3.05, 3.63) is 158 Å². The zero-order valence-corrected chi connectivity index (χ0v) is 27.3. The van der Waals surface area contributed by atoms with E-state index in [0.717, 1.165) is 66.2 Å². The molecule has 0 amide bonds. The molecule has 0 atom stereocenters. The monoisotopic (exact) mass is 650 g/mol. The number of aromatic nitrogens is 1. The van der Waals surface area contributed by atoms with E-state index in [1.807, 2.05) is 23.5 Å². The number of fused-ring (bicyclic) bond motifs is 8. The van der Waals surface area contributed by atoms with E-state index >= 15 is 0 Å². The van der Waals surface area contributed by atoms with Crippen LogP contribution in [0.2, 0.25) is 0 Å². The number of benzene rings is 7. The molecule has 0 unspecified atom stereocenters. The Hall–Kier alpha value is -5.75. The second kappa shape index (κ2) is 10.9. The molecule has 48 heavy (non-hydrogen) atoms. The van der Waals surface area contributed by atoms with E-state index in [2.05, 4.69) is 150 Å². The molecule has 10 rings (SSSR count). The zero-order valence-electron chi connectivity index (χ0n) is 25.6. The largest absolute Gasteiger partial charge is 0.456 e. The summed E-state index contributed by atoms with van der Waals surface area (Å²) >= 11 is 3.62. The molecule has 0 aliphatic heterocycles. The van der Waals surface area contributed by atoms with Gasteiger partial charge in [0.25, 0.3) is 0 Å². The van der Waals surface area contributed by atoms with Gasteiger partial charge in [0.1, 0.15) is 21.7 Å². The number of hydrogen-bond acceptors (Lipinski definition) is 5. The van der Waals surface area contributed by atoms with E-state index in [4.69, 9.17) is 9.40 Å². The molecule has 0 bridgehead atoms. The van der Waals surface area contributed by atoms with Crippen LogP contribution in [-0.4, -0.2) is 4.98 Å². The van der Waals surface area contributed by atoms with Crippen LogP contribution < -0.4 is 4.90 Å². The lowest BCUT2D eigenvalue weighted by Gasteiger charge is -2.28. The molecule has 5 heteroatoms. The molecule has 0 spiro atoms. The SMILES string of the molecule is c1ccc(-c2nc3c(N(c4ccc5c(c4)oc4ccccc45)c4ccccc4-c4ccccc4)cc4sc5ccccc5c4c3s2)cc1. The first-order valence-corrected chi connectivity index (χ1v) is 17.6. The van der Waals surface area contributed by atoms with E-state index in [1.165, 1.54) is 24.9 Å². The van der Waals surface area contributed by atoms with E-state index in [-0.39, 0.29) is 0 Å². The fraction of sp³-hybridized carbons (Fsp3) is 0. The number of furan rings is 1. The molecule has 0 aliphatic rings. The average Bonchev–Trinajstić information content (AvgIpc) is 3.86. The topological polar surface area (TPSA) is 29.3 Å². The quantitative estimate of drug-likeness (QED) is 0.186. The molecule has 10 aromatic rings. The molecule has 0 aliphatic carbocycles. The van der Waals surface area contributed by atoms with Crippen LogP contribution in [0.1, 0.15) is 0 Å². The minimum absolute atomic E-state index is 0.860. The summed E-state index contributed by atoms with van der Waals surface area (Å²) in [6.07, 6.45) is 0. The lowest BCUT2D eigenvalue weighted by Crippen LogP contribution is -2.12. The van der Waals surface area contributed by atoms with E-state index in [1.54, 1.807) is 11.3 Å². The Morgan fingerprint density at radius 2 is 1.19 bits per heavy atom. The Kier molecular flexibility index (Phi) is 6.22. The van der Waals surface area contributed by atoms with Crippen LogP contribution in [-0.2, 0) is 0 Å². The van der Waals surface area contributed by atoms with Crippen molar-refractivity contribution in [3.8, 4) is 21.7 Å². The molecule has 0 saturated carbocycles. The van der Waals surface area contributed by atoms with Crippen LogP contribution in [0.15, 0.2) is 162 Å². The zero-order chi connectivity index (χ0) is 31.6. The molecular weight excluding hydrogens is 625 g/mol. The Morgan fingerprint density at radius 3 is 2.04 bits per heavy atom. The highest BCUT2D eigenvalue weighted by Crippen LogP contribution is 2.50. The summed E-state index contributed by atoms with van der Waals surface area (Å²) in [5.74, 6) is 0. The third-order valence-corrected chi connectivity index (χ3v) is 11.3. The van der Waals surface area contributed by atoms with Gasteiger partial charge in [-0.2, -0.15) is 0 Å². The van der Waals surface area contributed by atoms with Gasteiger partial charge in [0.2, 0.25) is 0 Å². The number of para-hydroxylation sites is 2. The second-order valence-corrected chi connectivity index (χ2v) is 14.0. The number of hydrogen-bond donors (Lipinski definition) is 0. The molecule has 0 saturated heterocycles. The second-order valence-electron chi connectivity index (χ2n) is 11.9. The maximum Gasteiger partial charge on any atom is 0.137 e. The lowest BCUT2D eigenvalue weighted by molar-refractivity contribution is 0.669. The molecule has 3 nitrogen and oxygen atoms in total. The van der Waals surface area contributed by atoms with Gasteiger partial charge in [-0.05, 0) is 42.0 Å². The summed E-state index contributed by atoms with van der Waals surface area (Å²) in [7, 11) is 0. The van der Waals surface area contributed by atoms with Gasteiger partial charge in [0.05, 0.1) is 16.1 Å². The average molecular weight is 651 g/mol. The van der Waals surface area contributed by atoms with Crippen molar-refractivity contribution >= 4 is 92.1 Å². The summed E-state index contributed by atoms with van der Waals surface area (Å²) in [5.41, 5.74) is 9.30. The molecule has 0 N–H and O–H groups in total. The standard InChI is InChI=1S/C43H26N2OS2/c1-3-13-27(14-4-1)30-17-7-10-20-34(30)45(29-23-24-32-31-18-8-11-21-36(31)46-37(32)25-29)35-26-39-40(33-19-9-12-22-38(33)47-39)42-41(35)44-43(48-42)28-15-5-2-6-16-28/h1-26H. The van der Waals surface area contributed by atoms with Gasteiger partial charge in [-0.1, -0.05) is 115 Å². The van der Waals surface area contributed by atoms with Gasteiger partial charge in [-0.25, -0.2) is 4.98 Å². The van der Waals surface area contributed by atoms with E-state index in [0.29, 0.717) is 0 Å². The lowest BCUT2D eigenvalue weighted by atomic mass is 10.0. The van der Waals surface area contributed by atoms with Gasteiger partial charge in [0.15, 0.2) is 0 Å².